The Morgan fingerprint density at radius 3 is 2.53 bits per heavy atom. The lowest BCUT2D eigenvalue weighted by atomic mass is 9.82. The topological polar surface area (TPSA) is 55.4 Å². The van der Waals surface area contributed by atoms with E-state index in [2.05, 4.69) is 17.0 Å². The summed E-state index contributed by atoms with van der Waals surface area (Å²) in [5.41, 5.74) is 0. The number of carbonyl (C=O) groups excluding carboxylic acids is 2. The molecule has 1 N–H and O–H groups in total. The first kappa shape index (κ1) is 13.7. The summed E-state index contributed by atoms with van der Waals surface area (Å²) < 4.78 is 4.45. The van der Waals surface area contributed by atoms with Crippen molar-refractivity contribution in [3.8, 4) is 0 Å². The molecule has 0 unspecified atom stereocenters. The zero-order chi connectivity index (χ0) is 12.7. The standard InChI is InChI=1S/C13H21NO3/c1-10-5-7-11(8-6-10)13(16)14-9-3-4-12(15)17-2/h3-4,10-11H,5-9H2,1-2H3,(H,14,16)/b4-3+/t10-,11-. The number of amides is 1. The second-order valence-electron chi connectivity index (χ2n) is 4.63. The molecule has 0 aromatic rings. The number of esters is 1. The highest BCUT2D eigenvalue weighted by Gasteiger charge is 2.23. The number of hydrogen-bond donors (Lipinski definition) is 1. The highest BCUT2D eigenvalue weighted by Crippen LogP contribution is 2.28. The predicted molar refractivity (Wildman–Crippen MR) is 65.3 cm³/mol. The Hall–Kier alpha value is -1.32. The van der Waals surface area contributed by atoms with E-state index in [0.717, 1.165) is 31.6 Å². The minimum atomic E-state index is -0.397. The zero-order valence-corrected chi connectivity index (χ0v) is 10.6. The SMILES string of the molecule is COC(=O)/C=C/CNC(=O)[C@H]1CC[C@H](C)CC1. The average Bonchev–Trinajstić information content (AvgIpc) is 2.34. The van der Waals surface area contributed by atoms with E-state index >= 15 is 0 Å². The molecule has 1 aliphatic carbocycles. The smallest absolute Gasteiger partial charge is 0.330 e. The molecule has 0 aliphatic heterocycles. The lowest BCUT2D eigenvalue weighted by Crippen LogP contribution is -2.33. The van der Waals surface area contributed by atoms with E-state index in [9.17, 15) is 9.59 Å². The van der Waals surface area contributed by atoms with E-state index in [4.69, 9.17) is 0 Å². The number of nitrogens with one attached hydrogen (secondary N) is 1. The van der Waals surface area contributed by atoms with Crippen molar-refractivity contribution in [1.82, 2.24) is 5.32 Å². The normalized spacial score (nSPS) is 24.6. The lowest BCUT2D eigenvalue weighted by Gasteiger charge is -2.24. The van der Waals surface area contributed by atoms with Crippen molar-refractivity contribution in [1.29, 1.82) is 0 Å². The Morgan fingerprint density at radius 1 is 1.29 bits per heavy atom. The molecule has 1 rings (SSSR count). The molecule has 0 radical (unpaired) electrons. The molecular weight excluding hydrogens is 218 g/mol. The van der Waals surface area contributed by atoms with Gasteiger partial charge in [0.15, 0.2) is 0 Å². The highest BCUT2D eigenvalue weighted by molar-refractivity contribution is 5.82. The third kappa shape index (κ3) is 5.02. The van der Waals surface area contributed by atoms with Crippen LogP contribution >= 0.6 is 0 Å². The van der Waals surface area contributed by atoms with Gasteiger partial charge < -0.3 is 10.1 Å². The predicted octanol–water partition coefficient (Wildman–Crippen LogP) is 1.66. The van der Waals surface area contributed by atoms with E-state index < -0.39 is 5.97 Å². The van der Waals surface area contributed by atoms with Gasteiger partial charge >= 0.3 is 5.97 Å². The Morgan fingerprint density at radius 2 is 1.94 bits per heavy atom. The summed E-state index contributed by atoms with van der Waals surface area (Å²) in [6.45, 7) is 2.62. The zero-order valence-electron chi connectivity index (χ0n) is 10.6. The number of rotatable bonds is 4. The molecular formula is C13H21NO3. The molecule has 96 valence electrons. The fraction of sp³-hybridized carbons (Fsp3) is 0.692. The van der Waals surface area contributed by atoms with Crippen LogP contribution in [0.25, 0.3) is 0 Å². The molecule has 0 aromatic heterocycles. The van der Waals surface area contributed by atoms with Gasteiger partial charge in [-0.2, -0.15) is 0 Å². The summed E-state index contributed by atoms with van der Waals surface area (Å²) >= 11 is 0. The second-order valence-corrected chi connectivity index (χ2v) is 4.63. The van der Waals surface area contributed by atoms with Gasteiger partial charge in [-0.3, -0.25) is 4.79 Å². The molecule has 0 aromatic carbocycles. The first-order valence-electron chi connectivity index (χ1n) is 6.15. The van der Waals surface area contributed by atoms with Crippen molar-refractivity contribution in [2.24, 2.45) is 11.8 Å². The molecule has 0 bridgehead atoms. The average molecular weight is 239 g/mol. The minimum absolute atomic E-state index is 0.103. The maximum absolute atomic E-state index is 11.8. The van der Waals surface area contributed by atoms with Crippen LogP contribution in [-0.4, -0.2) is 25.5 Å². The van der Waals surface area contributed by atoms with Crippen molar-refractivity contribution in [2.75, 3.05) is 13.7 Å². The van der Waals surface area contributed by atoms with Crippen LogP contribution in [-0.2, 0) is 14.3 Å². The highest BCUT2D eigenvalue weighted by atomic mass is 16.5. The number of methoxy groups -OCH3 is 1. The molecule has 0 spiro atoms. The largest absolute Gasteiger partial charge is 0.466 e. The first-order valence-corrected chi connectivity index (χ1v) is 6.15. The van der Waals surface area contributed by atoms with E-state index in [0.29, 0.717) is 6.54 Å². The van der Waals surface area contributed by atoms with Gasteiger partial charge in [-0.15, -0.1) is 0 Å². The van der Waals surface area contributed by atoms with Crippen LogP contribution in [0.15, 0.2) is 12.2 Å². The minimum Gasteiger partial charge on any atom is -0.466 e. The van der Waals surface area contributed by atoms with Gasteiger partial charge in [0.2, 0.25) is 5.91 Å². The van der Waals surface area contributed by atoms with Crippen LogP contribution in [0, 0.1) is 11.8 Å². The molecule has 4 nitrogen and oxygen atoms in total. The van der Waals surface area contributed by atoms with Gasteiger partial charge in [0.1, 0.15) is 0 Å². The van der Waals surface area contributed by atoms with Gasteiger partial charge in [0, 0.05) is 18.5 Å². The Labute approximate surface area is 102 Å². The summed E-state index contributed by atoms with van der Waals surface area (Å²) in [5, 5.41) is 2.81. The van der Waals surface area contributed by atoms with E-state index in [-0.39, 0.29) is 11.8 Å². The van der Waals surface area contributed by atoms with Crippen LogP contribution in [0.2, 0.25) is 0 Å². The second kappa shape index (κ2) is 7.09. The van der Waals surface area contributed by atoms with E-state index in [1.165, 1.54) is 13.2 Å². The summed E-state index contributed by atoms with van der Waals surface area (Å²) in [5.74, 6) is 0.605. The quantitative estimate of drug-likeness (QED) is 0.599. The van der Waals surface area contributed by atoms with Crippen LogP contribution in [0.3, 0.4) is 0 Å². The van der Waals surface area contributed by atoms with Crippen LogP contribution in [0.5, 0.6) is 0 Å². The van der Waals surface area contributed by atoms with Crippen LogP contribution in [0.1, 0.15) is 32.6 Å². The van der Waals surface area contributed by atoms with Crippen molar-refractivity contribution in [3.05, 3.63) is 12.2 Å². The molecule has 1 fully saturated rings. The molecule has 1 amide bonds. The van der Waals surface area contributed by atoms with Gasteiger partial charge in [-0.05, 0) is 31.6 Å². The monoisotopic (exact) mass is 239 g/mol. The summed E-state index contributed by atoms with van der Waals surface area (Å²) in [7, 11) is 1.33. The third-order valence-corrected chi connectivity index (χ3v) is 3.24. The van der Waals surface area contributed by atoms with Crippen molar-refractivity contribution in [3.63, 3.8) is 0 Å². The van der Waals surface area contributed by atoms with Crippen LogP contribution < -0.4 is 5.32 Å². The molecule has 1 saturated carbocycles. The third-order valence-electron chi connectivity index (χ3n) is 3.24. The van der Waals surface area contributed by atoms with Gasteiger partial charge in [-0.25, -0.2) is 4.79 Å². The van der Waals surface area contributed by atoms with E-state index in [1.54, 1.807) is 6.08 Å². The summed E-state index contributed by atoms with van der Waals surface area (Å²) in [4.78, 5) is 22.5. The number of carbonyl (C=O) groups is 2. The Bertz CT molecular complexity index is 291. The molecule has 0 saturated heterocycles. The Balaban J connectivity index is 2.21. The first-order chi connectivity index (χ1) is 8.13. The molecule has 0 atom stereocenters. The van der Waals surface area contributed by atoms with Crippen molar-refractivity contribution in [2.45, 2.75) is 32.6 Å². The van der Waals surface area contributed by atoms with E-state index in [1.807, 2.05) is 0 Å². The van der Waals surface area contributed by atoms with Crippen molar-refractivity contribution >= 4 is 11.9 Å². The fourth-order valence-electron chi connectivity index (χ4n) is 2.05. The molecule has 17 heavy (non-hydrogen) atoms. The summed E-state index contributed by atoms with van der Waals surface area (Å²) in [6.07, 6.45) is 7.16. The lowest BCUT2D eigenvalue weighted by molar-refractivity contribution is -0.135. The summed E-state index contributed by atoms with van der Waals surface area (Å²) in [6, 6.07) is 0. The fourth-order valence-corrected chi connectivity index (χ4v) is 2.05. The van der Waals surface area contributed by atoms with Gasteiger partial charge in [0.05, 0.1) is 7.11 Å². The van der Waals surface area contributed by atoms with Crippen LogP contribution in [0.4, 0.5) is 0 Å². The Kier molecular flexibility index (Phi) is 5.73. The maximum atomic E-state index is 11.8. The van der Waals surface area contributed by atoms with Gasteiger partial charge in [-0.1, -0.05) is 13.0 Å². The molecule has 0 heterocycles. The number of hydrogen-bond acceptors (Lipinski definition) is 3. The maximum Gasteiger partial charge on any atom is 0.330 e. The molecule has 4 heteroatoms. The van der Waals surface area contributed by atoms with Gasteiger partial charge in [0.25, 0.3) is 0 Å². The van der Waals surface area contributed by atoms with Crippen molar-refractivity contribution < 1.29 is 14.3 Å². The number of ether oxygens (including phenoxy) is 1. The molecule has 1 aliphatic rings.